The van der Waals surface area contributed by atoms with Crippen LogP contribution in [0, 0.1) is 0 Å². The van der Waals surface area contributed by atoms with E-state index >= 15 is 0 Å². The molecule has 0 atom stereocenters. The fourth-order valence-electron chi connectivity index (χ4n) is 0.753. The number of halogens is 1. The van der Waals surface area contributed by atoms with Gasteiger partial charge in [-0.15, -0.1) is 4.39 Å². The molecule has 0 saturated heterocycles. The van der Waals surface area contributed by atoms with Gasteiger partial charge in [-0.3, -0.25) is 4.90 Å². The Balaban J connectivity index is 2.85. The van der Waals surface area contributed by atoms with Crippen LogP contribution in [0.2, 0.25) is 0 Å². The summed E-state index contributed by atoms with van der Waals surface area (Å²) in [5, 5.41) is 0. The highest BCUT2D eigenvalue weighted by Crippen LogP contribution is 2.11. The van der Waals surface area contributed by atoms with E-state index in [4.69, 9.17) is 0 Å². The zero-order valence-electron chi connectivity index (χ0n) is 6.12. The Kier molecular flexibility index (Phi) is 2.21. The minimum atomic E-state index is -1.45. The van der Waals surface area contributed by atoms with Crippen LogP contribution >= 0.6 is 0 Å². The van der Waals surface area contributed by atoms with Crippen LogP contribution in [0.1, 0.15) is 0 Å². The highest BCUT2D eigenvalue weighted by molar-refractivity contribution is 5.85. The average Bonchev–Trinajstić information content (AvgIpc) is 2.05. The van der Waals surface area contributed by atoms with Crippen molar-refractivity contribution in [3.8, 4) is 0 Å². The van der Waals surface area contributed by atoms with E-state index in [1.165, 1.54) is 7.05 Å². The summed E-state index contributed by atoms with van der Waals surface area (Å²) in [6, 6.07) is 8.62. The van der Waals surface area contributed by atoms with Crippen molar-refractivity contribution < 1.29 is 9.18 Å². The molecule has 1 amide bonds. The fourth-order valence-corrected chi connectivity index (χ4v) is 0.753. The van der Waals surface area contributed by atoms with Gasteiger partial charge < -0.3 is 0 Å². The van der Waals surface area contributed by atoms with Crippen LogP contribution in [0.5, 0.6) is 0 Å². The van der Waals surface area contributed by atoms with Gasteiger partial charge in [0.15, 0.2) is 0 Å². The number of benzene rings is 1. The lowest BCUT2D eigenvalue weighted by atomic mass is 10.3. The van der Waals surface area contributed by atoms with Crippen molar-refractivity contribution in [2.24, 2.45) is 0 Å². The van der Waals surface area contributed by atoms with Crippen molar-refractivity contribution in [3.05, 3.63) is 30.3 Å². The number of rotatable bonds is 1. The van der Waals surface area contributed by atoms with Gasteiger partial charge >= 0.3 is 6.16 Å². The van der Waals surface area contributed by atoms with Gasteiger partial charge in [0.2, 0.25) is 0 Å². The number of nitrogens with zero attached hydrogens (tertiary/aromatic N) is 1. The molecular weight excluding hydrogens is 145 g/mol. The van der Waals surface area contributed by atoms with E-state index in [9.17, 15) is 9.18 Å². The summed E-state index contributed by atoms with van der Waals surface area (Å²) in [6.45, 7) is 0. The first-order valence-corrected chi connectivity index (χ1v) is 3.20. The average molecular weight is 153 g/mol. The second-order valence-corrected chi connectivity index (χ2v) is 2.15. The number of hydrogen-bond donors (Lipinski definition) is 0. The molecule has 0 aromatic heterocycles. The highest BCUT2D eigenvalue weighted by Gasteiger charge is 2.06. The summed E-state index contributed by atoms with van der Waals surface area (Å²) in [5.74, 6) is 0. The number of anilines is 1. The SMILES string of the molecule is CN(C(=O)F)c1ccccc1. The molecule has 0 unspecified atom stereocenters. The van der Waals surface area contributed by atoms with Crippen LogP contribution in [0.3, 0.4) is 0 Å². The molecular formula is C8H8FNO. The van der Waals surface area contributed by atoms with Gasteiger partial charge in [0.25, 0.3) is 0 Å². The second kappa shape index (κ2) is 3.14. The molecule has 0 N–H and O–H groups in total. The van der Waals surface area contributed by atoms with E-state index in [0.29, 0.717) is 5.69 Å². The predicted octanol–water partition coefficient (Wildman–Crippen LogP) is 2.21. The molecule has 0 saturated carbocycles. The van der Waals surface area contributed by atoms with Crippen LogP contribution in [0.15, 0.2) is 30.3 Å². The van der Waals surface area contributed by atoms with E-state index in [-0.39, 0.29) is 0 Å². The number of carbonyl (C=O) groups excluding carboxylic acids is 1. The van der Waals surface area contributed by atoms with Crippen LogP contribution in [0.25, 0.3) is 0 Å². The van der Waals surface area contributed by atoms with Gasteiger partial charge in [0.05, 0.1) is 0 Å². The molecule has 2 nitrogen and oxygen atoms in total. The molecule has 1 rings (SSSR count). The first-order chi connectivity index (χ1) is 5.22. The number of hydrogen-bond acceptors (Lipinski definition) is 1. The molecule has 0 aliphatic carbocycles. The van der Waals surface area contributed by atoms with Crippen molar-refractivity contribution in [3.63, 3.8) is 0 Å². The first-order valence-electron chi connectivity index (χ1n) is 3.20. The summed E-state index contributed by atoms with van der Waals surface area (Å²) in [7, 11) is 1.39. The highest BCUT2D eigenvalue weighted by atomic mass is 19.1. The lowest BCUT2D eigenvalue weighted by Gasteiger charge is -2.10. The minimum absolute atomic E-state index is 0.556. The Morgan fingerprint density at radius 1 is 1.36 bits per heavy atom. The summed E-state index contributed by atoms with van der Waals surface area (Å²) in [4.78, 5) is 11.1. The van der Waals surface area contributed by atoms with Gasteiger partial charge in [-0.2, -0.15) is 0 Å². The van der Waals surface area contributed by atoms with Gasteiger partial charge in [-0.1, -0.05) is 18.2 Å². The monoisotopic (exact) mass is 153 g/mol. The molecule has 3 heteroatoms. The van der Waals surface area contributed by atoms with Gasteiger partial charge in [0.1, 0.15) is 0 Å². The number of para-hydroxylation sites is 1. The van der Waals surface area contributed by atoms with E-state index in [0.717, 1.165) is 4.90 Å². The maximum absolute atomic E-state index is 12.1. The number of amides is 1. The van der Waals surface area contributed by atoms with Crippen molar-refractivity contribution >= 4 is 11.8 Å². The smallest absolute Gasteiger partial charge is 0.287 e. The topological polar surface area (TPSA) is 20.3 Å². The first kappa shape index (κ1) is 7.72. The van der Waals surface area contributed by atoms with E-state index in [2.05, 4.69) is 0 Å². The lowest BCUT2D eigenvalue weighted by Crippen LogP contribution is -2.19. The molecule has 1 aromatic rings. The molecule has 11 heavy (non-hydrogen) atoms. The minimum Gasteiger partial charge on any atom is -0.287 e. The Hall–Kier alpha value is -1.38. The van der Waals surface area contributed by atoms with Gasteiger partial charge in [-0.05, 0) is 12.1 Å². The third-order valence-electron chi connectivity index (χ3n) is 1.41. The zero-order chi connectivity index (χ0) is 8.27. The van der Waals surface area contributed by atoms with E-state index < -0.39 is 6.16 Å². The van der Waals surface area contributed by atoms with Crippen LogP contribution in [-0.2, 0) is 0 Å². The van der Waals surface area contributed by atoms with Crippen LogP contribution in [-0.4, -0.2) is 13.2 Å². The van der Waals surface area contributed by atoms with Crippen molar-refractivity contribution in [1.29, 1.82) is 0 Å². The van der Waals surface area contributed by atoms with Crippen molar-refractivity contribution in [2.45, 2.75) is 0 Å². The molecule has 0 aliphatic rings. The standard InChI is InChI=1S/C8H8FNO/c1-10(8(9)11)7-5-3-2-4-6-7/h2-6H,1H3. The Bertz CT molecular complexity index is 248. The molecule has 58 valence electrons. The quantitative estimate of drug-likeness (QED) is 0.447. The summed E-state index contributed by atoms with van der Waals surface area (Å²) in [5.41, 5.74) is 0.556. The van der Waals surface area contributed by atoms with E-state index in [1.807, 2.05) is 0 Å². The Labute approximate surface area is 64.2 Å². The predicted molar refractivity (Wildman–Crippen MR) is 41.3 cm³/mol. The number of carbonyl (C=O) groups is 1. The van der Waals surface area contributed by atoms with Gasteiger partial charge in [-0.25, -0.2) is 4.79 Å². The summed E-state index contributed by atoms with van der Waals surface area (Å²) in [6.07, 6.45) is -1.45. The third kappa shape index (κ3) is 1.77. The maximum Gasteiger partial charge on any atom is 0.404 e. The normalized spacial score (nSPS) is 9.27. The van der Waals surface area contributed by atoms with Crippen LogP contribution in [0.4, 0.5) is 14.9 Å². The molecule has 0 heterocycles. The zero-order valence-corrected chi connectivity index (χ0v) is 6.12. The van der Waals surface area contributed by atoms with Crippen molar-refractivity contribution in [2.75, 3.05) is 11.9 Å². The Morgan fingerprint density at radius 2 is 1.91 bits per heavy atom. The molecule has 0 spiro atoms. The molecule has 0 aliphatic heterocycles. The van der Waals surface area contributed by atoms with Crippen LogP contribution < -0.4 is 4.90 Å². The summed E-state index contributed by atoms with van der Waals surface area (Å²) >= 11 is 0. The van der Waals surface area contributed by atoms with E-state index in [1.54, 1.807) is 30.3 Å². The molecule has 0 bridgehead atoms. The summed E-state index contributed by atoms with van der Waals surface area (Å²) < 4.78 is 12.1. The molecule has 1 aromatic carbocycles. The Morgan fingerprint density at radius 3 is 2.36 bits per heavy atom. The van der Waals surface area contributed by atoms with Gasteiger partial charge in [0, 0.05) is 12.7 Å². The lowest BCUT2D eigenvalue weighted by molar-refractivity contribution is 0.229. The maximum atomic E-state index is 12.1. The third-order valence-corrected chi connectivity index (χ3v) is 1.41. The second-order valence-electron chi connectivity index (χ2n) is 2.15. The molecule has 0 fully saturated rings. The van der Waals surface area contributed by atoms with Crippen molar-refractivity contribution in [1.82, 2.24) is 0 Å². The fraction of sp³-hybridized carbons (Fsp3) is 0.125. The molecule has 0 radical (unpaired) electrons. The largest absolute Gasteiger partial charge is 0.404 e.